The highest BCUT2D eigenvalue weighted by atomic mass is 16.5. The maximum absolute atomic E-state index is 12.4. The predicted molar refractivity (Wildman–Crippen MR) is 137 cm³/mol. The maximum atomic E-state index is 12.4. The van der Waals surface area contributed by atoms with Gasteiger partial charge in [-0.15, -0.1) is 0 Å². The molecule has 0 aromatic heterocycles. The van der Waals surface area contributed by atoms with Crippen LogP contribution in [0.1, 0.15) is 41.3 Å². The summed E-state index contributed by atoms with van der Waals surface area (Å²) in [4.78, 5) is 24.4. The van der Waals surface area contributed by atoms with Crippen LogP contribution in [0.5, 0.6) is 23.0 Å². The number of nitrogens with one attached hydrogen (secondary N) is 1. The minimum absolute atomic E-state index is 0.142. The highest BCUT2D eigenvalue weighted by molar-refractivity contribution is 5.92. The normalized spacial score (nSPS) is 10.6. The third-order valence-corrected chi connectivity index (χ3v) is 5.23. The summed E-state index contributed by atoms with van der Waals surface area (Å²) in [6, 6.07) is 19.2. The van der Waals surface area contributed by atoms with E-state index in [1.165, 1.54) is 26.0 Å². The van der Waals surface area contributed by atoms with Crippen molar-refractivity contribution in [1.82, 2.24) is 5.43 Å². The van der Waals surface area contributed by atoms with Gasteiger partial charge < -0.3 is 18.9 Å². The molecule has 1 N–H and O–H groups in total. The molecule has 1 amide bonds. The van der Waals surface area contributed by atoms with Crippen LogP contribution in [0.15, 0.2) is 71.8 Å². The van der Waals surface area contributed by atoms with Crippen LogP contribution < -0.4 is 24.4 Å². The van der Waals surface area contributed by atoms with Crippen molar-refractivity contribution in [2.45, 2.75) is 26.2 Å². The average Bonchev–Trinajstić information content (AvgIpc) is 2.91. The van der Waals surface area contributed by atoms with Crippen molar-refractivity contribution < 1.29 is 28.5 Å². The number of benzene rings is 3. The molecule has 0 bridgehead atoms. The molecular weight excluding hydrogens is 460 g/mol. The molecule has 0 aliphatic rings. The molecule has 0 aliphatic heterocycles. The Hall–Kier alpha value is -4.33. The monoisotopic (exact) mass is 490 g/mol. The Morgan fingerprint density at radius 2 is 1.58 bits per heavy atom. The van der Waals surface area contributed by atoms with Crippen LogP contribution in [-0.2, 0) is 11.2 Å². The first-order valence-electron chi connectivity index (χ1n) is 11.6. The van der Waals surface area contributed by atoms with Crippen molar-refractivity contribution in [1.29, 1.82) is 0 Å². The van der Waals surface area contributed by atoms with E-state index in [0.717, 1.165) is 19.3 Å². The third-order valence-electron chi connectivity index (χ3n) is 5.23. The number of hydrogen-bond donors (Lipinski definition) is 1. The summed E-state index contributed by atoms with van der Waals surface area (Å²) >= 11 is 0. The number of hydrogen-bond acceptors (Lipinski definition) is 7. The number of hydrazone groups is 1. The quantitative estimate of drug-likeness (QED) is 0.170. The summed E-state index contributed by atoms with van der Waals surface area (Å²) in [5.41, 5.74) is 4.72. The molecule has 36 heavy (non-hydrogen) atoms. The molecule has 0 saturated heterocycles. The van der Waals surface area contributed by atoms with Gasteiger partial charge in [-0.1, -0.05) is 25.5 Å². The molecule has 0 saturated carbocycles. The Labute approximate surface area is 210 Å². The number of esters is 1. The second-order valence-electron chi connectivity index (χ2n) is 7.86. The zero-order valence-corrected chi connectivity index (χ0v) is 20.7. The minimum atomic E-state index is -0.528. The van der Waals surface area contributed by atoms with Gasteiger partial charge in [0.25, 0.3) is 5.91 Å². The Bertz CT molecular complexity index is 1170. The fourth-order valence-corrected chi connectivity index (χ4v) is 3.24. The summed E-state index contributed by atoms with van der Waals surface area (Å²) in [7, 11) is 3.02. The first-order chi connectivity index (χ1) is 17.5. The number of carbonyl (C=O) groups excluding carboxylic acids is 2. The van der Waals surface area contributed by atoms with Crippen molar-refractivity contribution in [3.63, 3.8) is 0 Å². The molecule has 8 nitrogen and oxygen atoms in total. The second-order valence-corrected chi connectivity index (χ2v) is 7.86. The van der Waals surface area contributed by atoms with Gasteiger partial charge in [0, 0.05) is 0 Å². The molecule has 0 aliphatic carbocycles. The summed E-state index contributed by atoms with van der Waals surface area (Å²) in [6.45, 7) is 2.02. The van der Waals surface area contributed by atoms with Gasteiger partial charge in [-0.3, -0.25) is 4.79 Å². The summed E-state index contributed by atoms with van der Waals surface area (Å²) in [6.07, 6.45) is 4.82. The summed E-state index contributed by atoms with van der Waals surface area (Å²) in [5.74, 6) is 1.05. The smallest absolute Gasteiger partial charge is 0.343 e. The molecule has 3 rings (SSSR count). The number of unbranched alkanes of at least 4 members (excludes halogenated alkanes) is 1. The van der Waals surface area contributed by atoms with Gasteiger partial charge in [-0.25, -0.2) is 10.2 Å². The van der Waals surface area contributed by atoms with Gasteiger partial charge in [0.1, 0.15) is 11.5 Å². The molecule has 3 aromatic rings. The lowest BCUT2D eigenvalue weighted by molar-refractivity contribution is -0.123. The van der Waals surface area contributed by atoms with E-state index in [4.69, 9.17) is 18.9 Å². The first kappa shape index (κ1) is 26.3. The second kappa shape index (κ2) is 13.5. The van der Waals surface area contributed by atoms with Gasteiger partial charge in [0.15, 0.2) is 18.1 Å². The predicted octanol–water partition coefficient (Wildman–Crippen LogP) is 4.79. The van der Waals surface area contributed by atoms with Crippen LogP contribution in [0.4, 0.5) is 0 Å². The molecule has 0 radical (unpaired) electrons. The lowest BCUT2D eigenvalue weighted by atomic mass is 10.1. The molecule has 0 heterocycles. The number of aryl methyl sites for hydroxylation is 1. The van der Waals surface area contributed by atoms with Crippen molar-refractivity contribution >= 4 is 18.1 Å². The van der Waals surface area contributed by atoms with E-state index >= 15 is 0 Å². The van der Waals surface area contributed by atoms with Crippen molar-refractivity contribution in [2.24, 2.45) is 5.10 Å². The fourth-order valence-electron chi connectivity index (χ4n) is 3.24. The van der Waals surface area contributed by atoms with Crippen LogP contribution in [0.2, 0.25) is 0 Å². The van der Waals surface area contributed by atoms with Gasteiger partial charge in [-0.05, 0) is 78.6 Å². The summed E-state index contributed by atoms with van der Waals surface area (Å²) in [5, 5.41) is 3.94. The molecular formula is C28H30N2O6. The Morgan fingerprint density at radius 3 is 2.25 bits per heavy atom. The number of methoxy groups -OCH3 is 2. The maximum Gasteiger partial charge on any atom is 0.343 e. The number of carbonyl (C=O) groups is 2. The van der Waals surface area contributed by atoms with Gasteiger partial charge >= 0.3 is 5.97 Å². The van der Waals surface area contributed by atoms with Crippen LogP contribution in [0, 0.1) is 0 Å². The Kier molecular flexibility index (Phi) is 9.88. The van der Waals surface area contributed by atoms with Gasteiger partial charge in [-0.2, -0.15) is 5.10 Å². The molecule has 0 atom stereocenters. The van der Waals surface area contributed by atoms with Crippen LogP contribution in [0.3, 0.4) is 0 Å². The Morgan fingerprint density at radius 1 is 0.889 bits per heavy atom. The number of amides is 1. The van der Waals surface area contributed by atoms with Crippen LogP contribution in [0.25, 0.3) is 0 Å². The van der Waals surface area contributed by atoms with Crippen LogP contribution in [-0.4, -0.2) is 38.9 Å². The largest absolute Gasteiger partial charge is 0.493 e. The fraction of sp³-hybridized carbons (Fsp3) is 0.250. The average molecular weight is 491 g/mol. The molecule has 188 valence electrons. The zero-order chi connectivity index (χ0) is 25.8. The van der Waals surface area contributed by atoms with E-state index < -0.39 is 5.97 Å². The lowest BCUT2D eigenvalue weighted by Gasteiger charge is -2.09. The van der Waals surface area contributed by atoms with E-state index in [0.29, 0.717) is 34.1 Å². The molecule has 3 aromatic carbocycles. The molecule has 0 unspecified atom stereocenters. The Balaban J connectivity index is 1.45. The zero-order valence-electron chi connectivity index (χ0n) is 20.7. The van der Waals surface area contributed by atoms with E-state index in [2.05, 4.69) is 17.5 Å². The van der Waals surface area contributed by atoms with E-state index in [-0.39, 0.29) is 12.5 Å². The van der Waals surface area contributed by atoms with E-state index in [1.54, 1.807) is 42.5 Å². The van der Waals surface area contributed by atoms with Crippen LogP contribution >= 0.6 is 0 Å². The standard InChI is InChI=1S/C28H30N2O6/c1-4-5-6-20-7-12-23(13-8-20)35-19-27(31)30-29-18-21-9-14-24(15-10-21)36-28(32)22-11-16-25(33-2)26(17-22)34-3/h7-18H,4-6,19H2,1-3H3,(H,30,31)/b29-18-. The number of rotatable bonds is 12. The molecule has 0 spiro atoms. The topological polar surface area (TPSA) is 95.5 Å². The lowest BCUT2D eigenvalue weighted by Crippen LogP contribution is -2.24. The van der Waals surface area contributed by atoms with Crippen molar-refractivity contribution in [3.05, 3.63) is 83.4 Å². The highest BCUT2D eigenvalue weighted by Crippen LogP contribution is 2.28. The summed E-state index contributed by atoms with van der Waals surface area (Å²) < 4.78 is 21.3. The number of nitrogens with zero attached hydrogens (tertiary/aromatic N) is 1. The number of ether oxygens (including phenoxy) is 4. The third kappa shape index (κ3) is 7.87. The molecule has 0 fully saturated rings. The minimum Gasteiger partial charge on any atom is -0.493 e. The van der Waals surface area contributed by atoms with E-state index in [9.17, 15) is 9.59 Å². The van der Waals surface area contributed by atoms with Gasteiger partial charge in [0.05, 0.1) is 26.0 Å². The van der Waals surface area contributed by atoms with Gasteiger partial charge in [0.2, 0.25) is 0 Å². The first-order valence-corrected chi connectivity index (χ1v) is 11.6. The SMILES string of the molecule is CCCCc1ccc(OCC(=O)N/N=C\c2ccc(OC(=O)c3ccc(OC)c(OC)c3)cc2)cc1. The molecule has 8 heteroatoms. The van der Waals surface area contributed by atoms with Crippen molar-refractivity contribution in [3.8, 4) is 23.0 Å². The highest BCUT2D eigenvalue weighted by Gasteiger charge is 2.13. The van der Waals surface area contributed by atoms with Crippen molar-refractivity contribution in [2.75, 3.05) is 20.8 Å². The van der Waals surface area contributed by atoms with E-state index in [1.807, 2.05) is 24.3 Å².